The minimum atomic E-state index is -0.0772. The molecule has 0 radical (unpaired) electrons. The molecule has 0 aliphatic carbocycles. The van der Waals surface area contributed by atoms with Crippen molar-refractivity contribution < 1.29 is 0 Å². The van der Waals surface area contributed by atoms with Crippen molar-refractivity contribution in [1.29, 1.82) is 0 Å². The number of halogens is 1. The number of aryl methyl sites for hydroxylation is 3. The van der Waals surface area contributed by atoms with Crippen LogP contribution in [0.15, 0.2) is 12.3 Å². The zero-order valence-electron chi connectivity index (χ0n) is 10.7. The van der Waals surface area contributed by atoms with Crippen molar-refractivity contribution in [2.75, 3.05) is 0 Å². The van der Waals surface area contributed by atoms with Gasteiger partial charge in [-0.2, -0.15) is 10.2 Å². The number of nitrogens with one attached hydrogen (secondary N) is 1. The van der Waals surface area contributed by atoms with Crippen molar-refractivity contribution in [3.05, 3.63) is 34.4 Å². The molecule has 0 aliphatic rings. The lowest BCUT2D eigenvalue weighted by Gasteiger charge is -2.13. The minimum Gasteiger partial charge on any atom is -0.275 e. The summed E-state index contributed by atoms with van der Waals surface area (Å²) in [6.07, 6.45) is 2.55. The Hall–Kier alpha value is -1.37. The maximum Gasteiger partial charge on any atom is 0.130 e. The van der Waals surface area contributed by atoms with Crippen molar-refractivity contribution in [3.63, 3.8) is 0 Å². The number of rotatable bonds is 4. The Morgan fingerprint density at radius 1 is 1.44 bits per heavy atom. The normalized spacial score (nSPS) is 12.9. The molecule has 0 spiro atoms. The average molecular weight is 269 g/mol. The van der Waals surface area contributed by atoms with Crippen LogP contribution >= 0.6 is 11.6 Å². The number of aromatic nitrogens is 4. The third-order valence-corrected chi connectivity index (χ3v) is 3.44. The van der Waals surface area contributed by atoms with Crippen molar-refractivity contribution in [2.24, 2.45) is 19.9 Å². The summed E-state index contributed by atoms with van der Waals surface area (Å²) in [5.74, 6) is 5.60. The summed E-state index contributed by atoms with van der Waals surface area (Å²) >= 11 is 6.21. The first-order valence-electron chi connectivity index (χ1n) is 5.66. The van der Waals surface area contributed by atoms with Gasteiger partial charge in [-0.3, -0.25) is 20.6 Å². The van der Waals surface area contributed by atoms with Crippen LogP contribution in [-0.4, -0.2) is 19.6 Å². The van der Waals surface area contributed by atoms with Gasteiger partial charge in [0, 0.05) is 25.9 Å². The summed E-state index contributed by atoms with van der Waals surface area (Å²) in [6, 6.07) is 1.86. The minimum absolute atomic E-state index is 0.0772. The molecular weight excluding hydrogens is 252 g/mol. The number of nitrogens with two attached hydrogens (primary N) is 1. The summed E-state index contributed by atoms with van der Waals surface area (Å²) in [5, 5.41) is 9.28. The van der Waals surface area contributed by atoms with Crippen LogP contribution in [0.25, 0.3) is 0 Å². The summed E-state index contributed by atoms with van der Waals surface area (Å²) in [4.78, 5) is 0. The van der Waals surface area contributed by atoms with E-state index in [4.69, 9.17) is 17.4 Å². The summed E-state index contributed by atoms with van der Waals surface area (Å²) < 4.78 is 3.41. The molecule has 0 bridgehead atoms. The largest absolute Gasteiger partial charge is 0.275 e. The first kappa shape index (κ1) is 13.1. The van der Waals surface area contributed by atoms with Crippen LogP contribution in [0.4, 0.5) is 0 Å². The number of nitrogens with zero attached hydrogens (tertiary/aromatic N) is 4. The summed E-state index contributed by atoms with van der Waals surface area (Å²) in [5.41, 5.74) is 5.57. The van der Waals surface area contributed by atoms with Gasteiger partial charge in [-0.1, -0.05) is 11.6 Å². The van der Waals surface area contributed by atoms with Crippen molar-refractivity contribution in [3.8, 4) is 0 Å². The Bertz CT molecular complexity index is 544. The van der Waals surface area contributed by atoms with E-state index < -0.39 is 0 Å². The van der Waals surface area contributed by atoms with Crippen LogP contribution in [0.5, 0.6) is 0 Å². The van der Waals surface area contributed by atoms with E-state index in [0.29, 0.717) is 11.6 Å². The molecule has 6 nitrogen and oxygen atoms in total. The van der Waals surface area contributed by atoms with Gasteiger partial charge in [-0.25, -0.2) is 0 Å². The topological polar surface area (TPSA) is 73.7 Å². The number of hydrogen-bond acceptors (Lipinski definition) is 4. The highest BCUT2D eigenvalue weighted by molar-refractivity contribution is 6.30. The van der Waals surface area contributed by atoms with E-state index in [-0.39, 0.29) is 6.04 Å². The lowest BCUT2D eigenvalue weighted by atomic mass is 10.1. The van der Waals surface area contributed by atoms with Gasteiger partial charge in [0.1, 0.15) is 5.15 Å². The zero-order valence-corrected chi connectivity index (χ0v) is 11.4. The van der Waals surface area contributed by atoms with Gasteiger partial charge in [0.05, 0.1) is 17.4 Å². The first-order valence-corrected chi connectivity index (χ1v) is 6.04. The quantitative estimate of drug-likeness (QED) is 0.637. The molecule has 2 heterocycles. The molecule has 2 aromatic rings. The van der Waals surface area contributed by atoms with Crippen LogP contribution < -0.4 is 11.3 Å². The average Bonchev–Trinajstić information content (AvgIpc) is 2.84. The monoisotopic (exact) mass is 268 g/mol. The number of hydrazine groups is 1. The Balaban J connectivity index is 2.25. The molecule has 1 atom stereocenters. The van der Waals surface area contributed by atoms with E-state index in [1.165, 1.54) is 0 Å². The van der Waals surface area contributed by atoms with Crippen LogP contribution in [0, 0.1) is 6.92 Å². The first-order chi connectivity index (χ1) is 8.52. The molecule has 1 unspecified atom stereocenters. The van der Waals surface area contributed by atoms with Crippen LogP contribution in [0.3, 0.4) is 0 Å². The molecule has 2 aromatic heterocycles. The molecule has 18 heavy (non-hydrogen) atoms. The van der Waals surface area contributed by atoms with Gasteiger partial charge < -0.3 is 0 Å². The van der Waals surface area contributed by atoms with E-state index >= 15 is 0 Å². The second kappa shape index (κ2) is 5.09. The fraction of sp³-hybridized carbons (Fsp3) is 0.455. The predicted molar refractivity (Wildman–Crippen MR) is 69.9 cm³/mol. The molecule has 0 fully saturated rings. The fourth-order valence-electron chi connectivity index (χ4n) is 1.98. The number of hydrogen-bond donors (Lipinski definition) is 2. The van der Waals surface area contributed by atoms with Crippen LogP contribution in [0.2, 0.25) is 5.15 Å². The molecule has 2 rings (SSSR count). The predicted octanol–water partition coefficient (Wildman–Crippen LogP) is 0.863. The van der Waals surface area contributed by atoms with Gasteiger partial charge in [-0.15, -0.1) is 0 Å². The van der Waals surface area contributed by atoms with Crippen LogP contribution in [0.1, 0.15) is 23.0 Å². The fourth-order valence-corrected chi connectivity index (χ4v) is 2.23. The second-order valence-electron chi connectivity index (χ2n) is 4.32. The molecule has 0 amide bonds. The third kappa shape index (κ3) is 2.40. The molecule has 0 saturated heterocycles. The second-order valence-corrected chi connectivity index (χ2v) is 4.67. The van der Waals surface area contributed by atoms with Crippen LogP contribution in [-0.2, 0) is 20.5 Å². The molecule has 7 heteroatoms. The van der Waals surface area contributed by atoms with Crippen molar-refractivity contribution in [2.45, 2.75) is 19.4 Å². The highest BCUT2D eigenvalue weighted by Crippen LogP contribution is 2.24. The van der Waals surface area contributed by atoms with E-state index in [1.807, 2.05) is 33.3 Å². The van der Waals surface area contributed by atoms with Crippen molar-refractivity contribution in [1.82, 2.24) is 25.0 Å². The SMILES string of the molecule is Cc1nn(C)c(Cl)c1CC(NN)c1ccn(C)n1. The maximum atomic E-state index is 6.21. The van der Waals surface area contributed by atoms with Gasteiger partial charge in [-0.05, 0) is 19.4 Å². The van der Waals surface area contributed by atoms with Gasteiger partial charge in [0.25, 0.3) is 0 Å². The van der Waals surface area contributed by atoms with E-state index in [0.717, 1.165) is 17.0 Å². The van der Waals surface area contributed by atoms with Crippen molar-refractivity contribution >= 4 is 11.6 Å². The van der Waals surface area contributed by atoms with E-state index in [1.54, 1.807) is 9.36 Å². The lowest BCUT2D eigenvalue weighted by molar-refractivity contribution is 0.528. The smallest absolute Gasteiger partial charge is 0.130 e. The lowest BCUT2D eigenvalue weighted by Crippen LogP contribution is -2.30. The maximum absolute atomic E-state index is 6.21. The Morgan fingerprint density at radius 3 is 2.61 bits per heavy atom. The third-order valence-electron chi connectivity index (χ3n) is 2.97. The Kier molecular flexibility index (Phi) is 3.70. The highest BCUT2D eigenvalue weighted by atomic mass is 35.5. The molecule has 3 N–H and O–H groups in total. The summed E-state index contributed by atoms with van der Waals surface area (Å²) in [6.45, 7) is 1.94. The summed E-state index contributed by atoms with van der Waals surface area (Å²) in [7, 11) is 3.70. The van der Waals surface area contributed by atoms with E-state index in [9.17, 15) is 0 Å². The molecule has 0 aliphatic heterocycles. The molecular formula is C11H17ClN6. The van der Waals surface area contributed by atoms with E-state index in [2.05, 4.69) is 15.6 Å². The van der Waals surface area contributed by atoms with Gasteiger partial charge >= 0.3 is 0 Å². The standard InChI is InChI=1S/C11H17ClN6/c1-7-8(11(12)18(3)15-7)6-10(14-13)9-4-5-17(2)16-9/h4-5,10,14H,6,13H2,1-3H3. The van der Waals surface area contributed by atoms with Gasteiger partial charge in [0.15, 0.2) is 0 Å². The Labute approximate surface area is 111 Å². The molecule has 0 saturated carbocycles. The molecule has 98 valence electrons. The zero-order chi connectivity index (χ0) is 13.3. The molecule has 0 aromatic carbocycles. The highest BCUT2D eigenvalue weighted by Gasteiger charge is 2.19. The Morgan fingerprint density at radius 2 is 2.17 bits per heavy atom. The van der Waals surface area contributed by atoms with Gasteiger partial charge in [0.2, 0.25) is 0 Å².